The highest BCUT2D eigenvalue weighted by molar-refractivity contribution is 4.93. The predicted octanol–water partition coefficient (Wildman–Crippen LogP) is 1.65. The number of ether oxygens (including phenoxy) is 1. The monoisotopic (exact) mass is 227 g/mol. The van der Waals surface area contributed by atoms with Crippen molar-refractivity contribution < 1.29 is 9.84 Å². The highest BCUT2D eigenvalue weighted by Gasteiger charge is 2.39. The van der Waals surface area contributed by atoms with Gasteiger partial charge >= 0.3 is 0 Å². The third-order valence-electron chi connectivity index (χ3n) is 4.23. The molecule has 16 heavy (non-hydrogen) atoms. The molecule has 0 bridgehead atoms. The summed E-state index contributed by atoms with van der Waals surface area (Å²) >= 11 is 0. The van der Waals surface area contributed by atoms with Crippen molar-refractivity contribution >= 4 is 0 Å². The van der Waals surface area contributed by atoms with Gasteiger partial charge in [-0.1, -0.05) is 12.8 Å². The molecule has 0 aromatic carbocycles. The van der Waals surface area contributed by atoms with Crippen molar-refractivity contribution in [2.24, 2.45) is 5.92 Å². The molecular formula is C13H25NO2. The summed E-state index contributed by atoms with van der Waals surface area (Å²) < 4.78 is 5.38. The van der Waals surface area contributed by atoms with Crippen molar-refractivity contribution in [3.05, 3.63) is 0 Å². The minimum absolute atomic E-state index is 0.140. The van der Waals surface area contributed by atoms with Crippen LogP contribution in [0.25, 0.3) is 0 Å². The summed E-state index contributed by atoms with van der Waals surface area (Å²) in [6, 6.07) is 1.55. The van der Waals surface area contributed by atoms with E-state index in [1.807, 2.05) is 0 Å². The van der Waals surface area contributed by atoms with E-state index < -0.39 is 0 Å². The number of hydrogen-bond acceptors (Lipinski definition) is 3. The van der Waals surface area contributed by atoms with Crippen LogP contribution >= 0.6 is 0 Å². The number of likely N-dealkylation sites (tertiary alicyclic amines) is 1. The molecule has 1 aliphatic carbocycles. The summed E-state index contributed by atoms with van der Waals surface area (Å²) in [7, 11) is 0. The number of hydrogen-bond donors (Lipinski definition) is 1. The quantitative estimate of drug-likeness (QED) is 0.725. The van der Waals surface area contributed by atoms with E-state index in [0.717, 1.165) is 31.2 Å². The van der Waals surface area contributed by atoms with Gasteiger partial charge in [-0.3, -0.25) is 4.90 Å². The normalized spacial score (nSPS) is 35.2. The van der Waals surface area contributed by atoms with Crippen LogP contribution in [0.1, 0.15) is 39.0 Å². The third-order valence-corrected chi connectivity index (χ3v) is 4.23. The smallest absolute Gasteiger partial charge is 0.0698 e. The Morgan fingerprint density at radius 3 is 2.88 bits per heavy atom. The van der Waals surface area contributed by atoms with Crippen molar-refractivity contribution in [1.29, 1.82) is 0 Å². The maximum atomic E-state index is 8.66. The molecule has 2 fully saturated rings. The fourth-order valence-corrected chi connectivity index (χ4v) is 3.52. The Hall–Kier alpha value is -0.120. The molecule has 3 nitrogen and oxygen atoms in total. The van der Waals surface area contributed by atoms with Gasteiger partial charge < -0.3 is 9.84 Å². The standard InChI is InChI=1S/C13H25NO2/c1-11-10-12-4-2-3-5-13(12)14(11)6-8-16-9-7-15/h11-13,15H,2-10H2,1H3/t11-,12-,13-/m1/s1. The molecule has 0 spiro atoms. The maximum Gasteiger partial charge on any atom is 0.0698 e. The van der Waals surface area contributed by atoms with Crippen LogP contribution in [0.15, 0.2) is 0 Å². The zero-order valence-corrected chi connectivity index (χ0v) is 10.4. The molecule has 3 atom stereocenters. The van der Waals surface area contributed by atoms with Gasteiger partial charge in [-0.05, 0) is 32.1 Å². The Kier molecular flexibility index (Phi) is 4.62. The first-order valence-electron chi connectivity index (χ1n) is 6.77. The fourth-order valence-electron chi connectivity index (χ4n) is 3.52. The van der Waals surface area contributed by atoms with Crippen LogP contribution < -0.4 is 0 Å². The lowest BCUT2D eigenvalue weighted by Crippen LogP contribution is -2.40. The molecule has 2 aliphatic rings. The van der Waals surface area contributed by atoms with E-state index >= 15 is 0 Å². The molecule has 1 saturated heterocycles. The number of rotatable bonds is 5. The van der Waals surface area contributed by atoms with Crippen LogP contribution in [0.2, 0.25) is 0 Å². The number of nitrogens with zero attached hydrogens (tertiary/aromatic N) is 1. The summed E-state index contributed by atoms with van der Waals surface area (Å²) in [6.07, 6.45) is 7.04. The molecular weight excluding hydrogens is 202 g/mol. The molecule has 94 valence electrons. The van der Waals surface area contributed by atoms with E-state index in [1.165, 1.54) is 32.1 Å². The highest BCUT2D eigenvalue weighted by atomic mass is 16.5. The second kappa shape index (κ2) is 5.99. The first-order chi connectivity index (χ1) is 7.83. The van der Waals surface area contributed by atoms with Crippen molar-refractivity contribution in [2.45, 2.75) is 51.1 Å². The van der Waals surface area contributed by atoms with Gasteiger partial charge in [-0.25, -0.2) is 0 Å². The SMILES string of the molecule is C[C@@H]1C[C@H]2CCCC[C@H]2N1CCOCCO. The number of aliphatic hydroxyl groups is 1. The lowest BCUT2D eigenvalue weighted by atomic mass is 9.85. The number of aliphatic hydroxyl groups excluding tert-OH is 1. The average Bonchev–Trinajstić information content (AvgIpc) is 2.61. The van der Waals surface area contributed by atoms with E-state index in [9.17, 15) is 0 Å². The van der Waals surface area contributed by atoms with Gasteiger partial charge in [0.05, 0.1) is 19.8 Å². The molecule has 3 heteroatoms. The van der Waals surface area contributed by atoms with Crippen LogP contribution in [0, 0.1) is 5.92 Å². The minimum Gasteiger partial charge on any atom is -0.394 e. The molecule has 1 saturated carbocycles. The van der Waals surface area contributed by atoms with Crippen LogP contribution in [0.4, 0.5) is 0 Å². The number of fused-ring (bicyclic) bond motifs is 1. The molecule has 0 aromatic heterocycles. The Morgan fingerprint density at radius 2 is 2.06 bits per heavy atom. The zero-order chi connectivity index (χ0) is 11.4. The van der Waals surface area contributed by atoms with Crippen molar-refractivity contribution in [2.75, 3.05) is 26.4 Å². The van der Waals surface area contributed by atoms with Crippen molar-refractivity contribution in [3.8, 4) is 0 Å². The molecule has 1 heterocycles. The Morgan fingerprint density at radius 1 is 1.25 bits per heavy atom. The molecule has 0 unspecified atom stereocenters. The van der Waals surface area contributed by atoms with Gasteiger partial charge in [0.25, 0.3) is 0 Å². The summed E-state index contributed by atoms with van der Waals surface area (Å²) in [5, 5.41) is 8.66. The van der Waals surface area contributed by atoms with Gasteiger partial charge in [0.15, 0.2) is 0 Å². The molecule has 2 rings (SSSR count). The summed E-state index contributed by atoms with van der Waals surface area (Å²) in [5.74, 6) is 0.946. The highest BCUT2D eigenvalue weighted by Crippen LogP contribution is 2.39. The Bertz CT molecular complexity index is 210. The first kappa shape index (κ1) is 12.3. The second-order valence-electron chi connectivity index (χ2n) is 5.27. The topological polar surface area (TPSA) is 32.7 Å². The van der Waals surface area contributed by atoms with Crippen molar-refractivity contribution in [1.82, 2.24) is 4.90 Å². The van der Waals surface area contributed by atoms with Gasteiger partial charge in [-0.2, -0.15) is 0 Å². The average molecular weight is 227 g/mol. The lowest BCUT2D eigenvalue weighted by molar-refractivity contribution is 0.0564. The molecule has 0 radical (unpaired) electrons. The van der Waals surface area contributed by atoms with E-state index in [1.54, 1.807) is 0 Å². The van der Waals surface area contributed by atoms with Gasteiger partial charge in [0, 0.05) is 18.6 Å². The first-order valence-corrected chi connectivity index (χ1v) is 6.77. The summed E-state index contributed by atoms with van der Waals surface area (Å²) in [6.45, 7) is 4.79. The molecule has 1 aliphatic heterocycles. The lowest BCUT2D eigenvalue weighted by Gasteiger charge is -2.33. The zero-order valence-electron chi connectivity index (χ0n) is 10.4. The Balaban J connectivity index is 1.78. The minimum atomic E-state index is 0.140. The summed E-state index contributed by atoms with van der Waals surface area (Å²) in [4.78, 5) is 2.64. The maximum absolute atomic E-state index is 8.66. The third kappa shape index (κ3) is 2.76. The van der Waals surface area contributed by atoms with Crippen LogP contribution in [-0.2, 0) is 4.74 Å². The van der Waals surface area contributed by atoms with Gasteiger partial charge in [0.2, 0.25) is 0 Å². The van der Waals surface area contributed by atoms with Gasteiger partial charge in [0.1, 0.15) is 0 Å². The van der Waals surface area contributed by atoms with Crippen molar-refractivity contribution in [3.63, 3.8) is 0 Å². The molecule has 0 amide bonds. The largest absolute Gasteiger partial charge is 0.394 e. The van der Waals surface area contributed by atoms with Gasteiger partial charge in [-0.15, -0.1) is 0 Å². The van der Waals surface area contributed by atoms with E-state index in [0.29, 0.717) is 6.61 Å². The molecule has 0 aromatic rings. The fraction of sp³-hybridized carbons (Fsp3) is 1.00. The summed E-state index contributed by atoms with van der Waals surface area (Å²) in [5.41, 5.74) is 0. The van der Waals surface area contributed by atoms with Crippen LogP contribution in [0.5, 0.6) is 0 Å². The second-order valence-corrected chi connectivity index (χ2v) is 5.27. The van der Waals surface area contributed by atoms with Crippen LogP contribution in [0.3, 0.4) is 0 Å². The van der Waals surface area contributed by atoms with E-state index in [-0.39, 0.29) is 6.61 Å². The van der Waals surface area contributed by atoms with E-state index in [4.69, 9.17) is 9.84 Å². The van der Waals surface area contributed by atoms with E-state index in [2.05, 4.69) is 11.8 Å². The predicted molar refractivity (Wildman–Crippen MR) is 64.4 cm³/mol. The Labute approximate surface area is 98.8 Å². The van der Waals surface area contributed by atoms with Crippen LogP contribution in [-0.4, -0.2) is 48.5 Å². The molecule has 1 N–H and O–H groups in total.